The molecule has 0 aliphatic carbocycles. The van der Waals surface area contributed by atoms with Crippen molar-refractivity contribution in [1.82, 2.24) is 0 Å². The van der Waals surface area contributed by atoms with Gasteiger partial charge in [0, 0.05) is 15.0 Å². The highest BCUT2D eigenvalue weighted by Crippen LogP contribution is 2.38. The standard InChI is InChI=1S/C10H11NOS/c1-5-6(2)13-8-4-3-7(12)10(11)9(5)8/h3-4,12H,11H2,1-2H3. The molecule has 2 aromatic rings. The van der Waals surface area contributed by atoms with Gasteiger partial charge >= 0.3 is 0 Å². The molecule has 0 aliphatic rings. The molecule has 1 heterocycles. The molecule has 0 aliphatic heterocycles. The minimum atomic E-state index is 0.174. The van der Waals surface area contributed by atoms with Crippen LogP contribution < -0.4 is 5.73 Å². The zero-order valence-electron chi connectivity index (χ0n) is 7.59. The Kier molecular flexibility index (Phi) is 1.70. The summed E-state index contributed by atoms with van der Waals surface area (Å²) in [7, 11) is 0. The number of thiophene rings is 1. The molecule has 0 spiro atoms. The third-order valence-electron chi connectivity index (χ3n) is 2.35. The molecule has 2 rings (SSSR count). The van der Waals surface area contributed by atoms with Gasteiger partial charge in [-0.3, -0.25) is 0 Å². The molecule has 1 aromatic carbocycles. The highest BCUT2D eigenvalue weighted by Gasteiger charge is 2.10. The quantitative estimate of drug-likeness (QED) is 0.499. The number of hydrogen-bond donors (Lipinski definition) is 2. The molecule has 0 radical (unpaired) electrons. The number of phenolic OH excluding ortho intramolecular Hbond substituents is 1. The Labute approximate surface area is 80.6 Å². The molecule has 0 fully saturated rings. The van der Waals surface area contributed by atoms with Gasteiger partial charge in [-0.05, 0) is 31.5 Å². The first-order valence-corrected chi connectivity index (χ1v) is 4.90. The Balaban J connectivity index is 2.97. The summed E-state index contributed by atoms with van der Waals surface area (Å²) < 4.78 is 1.14. The van der Waals surface area contributed by atoms with Crippen molar-refractivity contribution in [2.24, 2.45) is 0 Å². The number of aryl methyl sites for hydroxylation is 2. The van der Waals surface area contributed by atoms with Crippen LogP contribution in [0.1, 0.15) is 10.4 Å². The van der Waals surface area contributed by atoms with Gasteiger partial charge in [-0.1, -0.05) is 0 Å². The number of anilines is 1. The zero-order chi connectivity index (χ0) is 9.59. The van der Waals surface area contributed by atoms with E-state index >= 15 is 0 Å². The second-order valence-electron chi connectivity index (χ2n) is 3.15. The van der Waals surface area contributed by atoms with Crippen molar-refractivity contribution in [2.45, 2.75) is 13.8 Å². The Morgan fingerprint density at radius 2 is 2.00 bits per heavy atom. The van der Waals surface area contributed by atoms with Crippen LogP contribution in [0, 0.1) is 13.8 Å². The minimum Gasteiger partial charge on any atom is -0.506 e. The van der Waals surface area contributed by atoms with Crippen molar-refractivity contribution in [2.75, 3.05) is 5.73 Å². The van der Waals surface area contributed by atoms with Gasteiger partial charge < -0.3 is 10.8 Å². The van der Waals surface area contributed by atoms with E-state index in [9.17, 15) is 5.11 Å². The Morgan fingerprint density at radius 1 is 1.31 bits per heavy atom. The molecule has 0 bridgehead atoms. The van der Waals surface area contributed by atoms with E-state index in [1.807, 2.05) is 13.0 Å². The van der Waals surface area contributed by atoms with E-state index in [-0.39, 0.29) is 5.75 Å². The van der Waals surface area contributed by atoms with Gasteiger partial charge in [-0.25, -0.2) is 0 Å². The Bertz CT molecular complexity index is 473. The van der Waals surface area contributed by atoms with E-state index in [2.05, 4.69) is 6.92 Å². The van der Waals surface area contributed by atoms with Crippen LogP contribution in [0.15, 0.2) is 12.1 Å². The highest BCUT2D eigenvalue weighted by atomic mass is 32.1. The van der Waals surface area contributed by atoms with Crippen LogP contribution >= 0.6 is 11.3 Å². The molecule has 13 heavy (non-hydrogen) atoms. The number of rotatable bonds is 0. The Hall–Kier alpha value is -1.22. The number of hydrogen-bond acceptors (Lipinski definition) is 3. The average Bonchev–Trinajstić information content (AvgIpc) is 2.37. The topological polar surface area (TPSA) is 46.2 Å². The smallest absolute Gasteiger partial charge is 0.139 e. The molecule has 0 unspecified atom stereocenters. The van der Waals surface area contributed by atoms with Crippen LogP contribution in [0.5, 0.6) is 5.75 Å². The van der Waals surface area contributed by atoms with E-state index in [1.165, 1.54) is 10.4 Å². The fourth-order valence-electron chi connectivity index (χ4n) is 1.48. The number of nitrogens with two attached hydrogens (primary N) is 1. The van der Waals surface area contributed by atoms with Gasteiger partial charge in [0.25, 0.3) is 0 Å². The van der Waals surface area contributed by atoms with Crippen molar-refractivity contribution in [3.05, 3.63) is 22.6 Å². The zero-order valence-corrected chi connectivity index (χ0v) is 8.40. The first-order chi connectivity index (χ1) is 6.11. The van der Waals surface area contributed by atoms with E-state index < -0.39 is 0 Å². The normalized spacial score (nSPS) is 10.9. The molecule has 0 amide bonds. The highest BCUT2D eigenvalue weighted by molar-refractivity contribution is 7.19. The average molecular weight is 193 g/mol. The van der Waals surface area contributed by atoms with Crippen LogP contribution in [-0.4, -0.2) is 5.11 Å². The van der Waals surface area contributed by atoms with Crippen LogP contribution in [0.4, 0.5) is 5.69 Å². The molecule has 1 aromatic heterocycles. The summed E-state index contributed by atoms with van der Waals surface area (Å²) in [4.78, 5) is 1.26. The summed E-state index contributed by atoms with van der Waals surface area (Å²) >= 11 is 1.71. The second kappa shape index (κ2) is 2.64. The van der Waals surface area contributed by atoms with Gasteiger partial charge in [0.2, 0.25) is 0 Å². The molecular weight excluding hydrogens is 182 g/mol. The summed E-state index contributed by atoms with van der Waals surface area (Å²) in [5, 5.41) is 10.4. The third-order valence-corrected chi connectivity index (χ3v) is 3.52. The van der Waals surface area contributed by atoms with Gasteiger partial charge in [0.15, 0.2) is 0 Å². The lowest BCUT2D eigenvalue weighted by molar-refractivity contribution is 0.478. The maximum absolute atomic E-state index is 9.43. The van der Waals surface area contributed by atoms with Crippen molar-refractivity contribution >= 4 is 27.1 Å². The second-order valence-corrected chi connectivity index (χ2v) is 4.41. The lowest BCUT2D eigenvalue weighted by Gasteiger charge is -2.00. The maximum atomic E-state index is 9.43. The molecule has 0 saturated heterocycles. The third kappa shape index (κ3) is 1.08. The molecule has 0 saturated carbocycles. The first kappa shape index (κ1) is 8.38. The lowest BCUT2D eigenvalue weighted by atomic mass is 10.1. The number of phenols is 1. The molecular formula is C10H11NOS. The molecule has 0 atom stereocenters. The van der Waals surface area contributed by atoms with Gasteiger partial charge in [-0.15, -0.1) is 11.3 Å². The van der Waals surface area contributed by atoms with Gasteiger partial charge in [-0.2, -0.15) is 0 Å². The summed E-state index contributed by atoms with van der Waals surface area (Å²) in [5.74, 6) is 0.174. The van der Waals surface area contributed by atoms with E-state index in [1.54, 1.807) is 17.4 Å². The predicted molar refractivity (Wildman–Crippen MR) is 57.4 cm³/mol. The molecule has 68 valence electrons. The predicted octanol–water partition coefficient (Wildman–Crippen LogP) is 2.81. The first-order valence-electron chi connectivity index (χ1n) is 4.08. The SMILES string of the molecule is Cc1sc2ccc(O)c(N)c2c1C. The molecule has 2 nitrogen and oxygen atoms in total. The van der Waals surface area contributed by atoms with Crippen LogP contribution in [0.3, 0.4) is 0 Å². The van der Waals surface area contributed by atoms with Gasteiger partial charge in [0.1, 0.15) is 5.75 Å². The lowest BCUT2D eigenvalue weighted by Crippen LogP contribution is -1.87. The summed E-state index contributed by atoms with van der Waals surface area (Å²) in [6, 6.07) is 3.55. The maximum Gasteiger partial charge on any atom is 0.139 e. The summed E-state index contributed by atoms with van der Waals surface area (Å²) in [6.07, 6.45) is 0. The van der Waals surface area contributed by atoms with Crippen molar-refractivity contribution in [3.63, 3.8) is 0 Å². The molecule has 3 heteroatoms. The fourth-order valence-corrected chi connectivity index (χ4v) is 2.56. The summed E-state index contributed by atoms with van der Waals surface area (Å²) in [5.41, 5.74) is 7.46. The monoisotopic (exact) mass is 193 g/mol. The summed E-state index contributed by atoms with van der Waals surface area (Å²) in [6.45, 7) is 4.10. The number of aromatic hydroxyl groups is 1. The van der Waals surface area contributed by atoms with Crippen LogP contribution in [0.25, 0.3) is 10.1 Å². The number of benzene rings is 1. The van der Waals surface area contributed by atoms with Gasteiger partial charge in [0.05, 0.1) is 5.69 Å². The largest absolute Gasteiger partial charge is 0.506 e. The van der Waals surface area contributed by atoms with Crippen LogP contribution in [0.2, 0.25) is 0 Å². The number of nitrogen functional groups attached to an aromatic ring is 1. The Morgan fingerprint density at radius 3 is 2.69 bits per heavy atom. The van der Waals surface area contributed by atoms with E-state index in [4.69, 9.17) is 5.73 Å². The fraction of sp³-hybridized carbons (Fsp3) is 0.200. The minimum absolute atomic E-state index is 0.174. The van der Waals surface area contributed by atoms with Crippen LogP contribution in [-0.2, 0) is 0 Å². The van der Waals surface area contributed by atoms with Crippen molar-refractivity contribution in [1.29, 1.82) is 0 Å². The van der Waals surface area contributed by atoms with E-state index in [0.717, 1.165) is 10.1 Å². The molecule has 3 N–H and O–H groups in total. The van der Waals surface area contributed by atoms with E-state index in [0.29, 0.717) is 5.69 Å². The number of fused-ring (bicyclic) bond motifs is 1. The van der Waals surface area contributed by atoms with Crippen molar-refractivity contribution in [3.8, 4) is 5.75 Å². The van der Waals surface area contributed by atoms with Crippen molar-refractivity contribution < 1.29 is 5.11 Å².